The van der Waals surface area contributed by atoms with Gasteiger partial charge in [0.1, 0.15) is 0 Å². The van der Waals surface area contributed by atoms with Crippen LogP contribution < -0.4 is 37.2 Å². The minimum Gasteiger partial charge on any atom is -1.00 e. The van der Waals surface area contributed by atoms with Gasteiger partial charge in [-0.05, 0) is 80.0 Å². The fraction of sp³-hybridized carbons (Fsp3) is 1.00. The molecule has 0 atom stereocenters. The number of halogens is 3. The van der Waals surface area contributed by atoms with Crippen molar-refractivity contribution in [2.24, 2.45) is 0 Å². The maximum absolute atomic E-state index is 10.2. The second-order valence-corrected chi connectivity index (χ2v) is 22.7. The SMILES string of the molecule is CP(C)(C)=O.CP(C)(C)=O.CP(C)(C)=O.CP(C)(C)=O.O.O.O.[Ce+3].[Cl-].[Cl-].[Cl-].[OH3+].[OH3+].[OH3+].[OH3+]. The van der Waals surface area contributed by atoms with Crippen LogP contribution in [0, 0.1) is 41.7 Å². The smallest absolute Gasteiger partial charge is 1.00 e. The Morgan fingerprint density at radius 3 is 0.323 bits per heavy atom. The Kier molecular flexibility index (Phi) is 153. The topological polar surface area (TPSA) is 295 Å². The summed E-state index contributed by atoms with van der Waals surface area (Å²) in [7, 11) is -6.56. The summed E-state index contributed by atoms with van der Waals surface area (Å²) in [6, 6.07) is 0. The summed E-state index contributed by atoms with van der Waals surface area (Å²) in [5.74, 6) is 0. The average molecular weight is 745 g/mol. The molecule has 0 aromatic heterocycles. The summed E-state index contributed by atoms with van der Waals surface area (Å²) >= 11 is 0. The fourth-order valence-electron chi connectivity index (χ4n) is 0. The Labute approximate surface area is 242 Å². The van der Waals surface area contributed by atoms with Gasteiger partial charge in [-0.1, -0.05) is 0 Å². The van der Waals surface area contributed by atoms with E-state index >= 15 is 0 Å². The van der Waals surface area contributed by atoms with Gasteiger partial charge in [-0.15, -0.1) is 0 Å². The minimum atomic E-state index is -1.64. The van der Waals surface area contributed by atoms with Crippen LogP contribution in [0.1, 0.15) is 0 Å². The molecule has 0 amide bonds. The molecule has 11 nitrogen and oxygen atoms in total. The van der Waals surface area contributed by atoms with E-state index in [1.807, 2.05) is 0 Å². The molecule has 0 aliphatic rings. The van der Waals surface area contributed by atoms with E-state index in [2.05, 4.69) is 0 Å². The summed E-state index contributed by atoms with van der Waals surface area (Å²) in [6.07, 6.45) is 0. The van der Waals surface area contributed by atoms with E-state index in [-0.39, 0.29) is 117 Å². The normalized spacial score (nSPS) is 7.61. The van der Waals surface area contributed by atoms with E-state index < -0.39 is 28.6 Å². The molecule has 0 aliphatic carbocycles. The summed E-state index contributed by atoms with van der Waals surface area (Å²) in [5.41, 5.74) is 0. The van der Waals surface area contributed by atoms with Crippen molar-refractivity contribution in [2.75, 3.05) is 80.0 Å². The molecule has 0 aliphatic heterocycles. The molecule has 0 bridgehead atoms. The fourth-order valence-corrected chi connectivity index (χ4v) is 0. The predicted molar refractivity (Wildman–Crippen MR) is 132 cm³/mol. The van der Waals surface area contributed by atoms with E-state index in [1.54, 1.807) is 80.0 Å². The summed E-state index contributed by atoms with van der Waals surface area (Å²) in [5, 5.41) is 0. The van der Waals surface area contributed by atoms with Crippen molar-refractivity contribution in [3.63, 3.8) is 0 Å². The largest absolute Gasteiger partial charge is 3.00 e. The zero-order chi connectivity index (χ0) is 18.0. The van der Waals surface area contributed by atoms with Crippen LogP contribution in [0.25, 0.3) is 0 Å². The molecular formula is C12H54CeCl3O11P4+4. The van der Waals surface area contributed by atoms with Crippen LogP contribution in [0.3, 0.4) is 0 Å². The Morgan fingerprint density at radius 2 is 0.323 bits per heavy atom. The first kappa shape index (κ1) is 103. The molecule has 0 aromatic rings. The Balaban J connectivity index is -0.00000000757. The molecule has 1 radical (unpaired) electrons. The van der Waals surface area contributed by atoms with Gasteiger partial charge < -0.3 is 93.8 Å². The second kappa shape index (κ2) is 46.3. The Morgan fingerprint density at radius 1 is 0.323 bits per heavy atom. The molecule has 0 saturated carbocycles. The van der Waals surface area contributed by atoms with Crippen LogP contribution in [0.5, 0.6) is 0 Å². The molecule has 0 spiro atoms. The van der Waals surface area contributed by atoms with Crippen molar-refractivity contribution in [2.45, 2.75) is 0 Å². The van der Waals surface area contributed by atoms with Crippen LogP contribution in [0.15, 0.2) is 0 Å². The third kappa shape index (κ3) is 3770. The molecular weight excluding hydrogens is 690 g/mol. The standard InChI is InChI=1S/4C3H9OP.Ce.3ClH.7H2O/c4*1-5(2,3)4;;;;;;;;;;;/h4*1-3H3;;3*1H;7*1H2/q;;;;+3;;;;;;;;;;/p+1. The quantitative estimate of drug-likeness (QED) is 0.172. The van der Waals surface area contributed by atoms with Gasteiger partial charge in [-0.3, -0.25) is 0 Å². The molecule has 18 N–H and O–H groups in total. The first-order valence-corrected chi connectivity index (χ1v) is 18.3. The van der Waals surface area contributed by atoms with Crippen molar-refractivity contribution in [1.29, 1.82) is 0 Å². The molecule has 209 valence electrons. The summed E-state index contributed by atoms with van der Waals surface area (Å²) < 4.78 is 40.9. The molecule has 31 heavy (non-hydrogen) atoms. The van der Waals surface area contributed by atoms with Crippen molar-refractivity contribution in [1.82, 2.24) is 0 Å². The van der Waals surface area contributed by atoms with Gasteiger partial charge in [-0.2, -0.15) is 0 Å². The number of hydrogen-bond acceptors (Lipinski definition) is 4. The molecule has 0 aromatic carbocycles. The van der Waals surface area contributed by atoms with Crippen LogP contribution in [0.2, 0.25) is 0 Å². The molecule has 0 saturated heterocycles. The molecule has 0 fully saturated rings. The van der Waals surface area contributed by atoms with E-state index in [9.17, 15) is 18.3 Å². The second-order valence-electron chi connectivity index (χ2n) is 7.56. The molecule has 19 heteroatoms. The third-order valence-corrected chi connectivity index (χ3v) is 0. The number of hydrogen-bond donors (Lipinski definition) is 0. The van der Waals surface area contributed by atoms with Gasteiger partial charge in [0.2, 0.25) is 0 Å². The van der Waals surface area contributed by atoms with Gasteiger partial charge in [0.05, 0.1) is 28.6 Å². The van der Waals surface area contributed by atoms with Crippen LogP contribution in [-0.4, -0.2) is 96.4 Å². The zero-order valence-electron chi connectivity index (χ0n) is 20.9. The Bertz CT molecular complexity index is 324. The summed E-state index contributed by atoms with van der Waals surface area (Å²) in [4.78, 5) is 0. The average Bonchev–Trinajstić information content (AvgIpc) is 1.62. The van der Waals surface area contributed by atoms with Crippen LogP contribution in [-0.2, 0) is 40.2 Å². The monoisotopic (exact) mass is 743 g/mol. The first-order valence-electron chi connectivity index (χ1n) is 6.10. The third-order valence-electron chi connectivity index (χ3n) is 0. The van der Waals surface area contributed by atoms with Crippen LogP contribution >= 0.6 is 28.6 Å². The zero-order valence-corrected chi connectivity index (χ0v) is 29.9. The maximum atomic E-state index is 10.2. The van der Waals surface area contributed by atoms with Gasteiger partial charge in [0.15, 0.2) is 0 Å². The van der Waals surface area contributed by atoms with Gasteiger partial charge in [0, 0.05) is 0 Å². The minimum absolute atomic E-state index is 0. The van der Waals surface area contributed by atoms with Crippen molar-refractivity contribution in [3.8, 4) is 0 Å². The number of rotatable bonds is 0. The predicted octanol–water partition coefficient (Wildman–Crippen LogP) is -10.2. The van der Waals surface area contributed by atoms with Crippen molar-refractivity contribution in [3.05, 3.63) is 0 Å². The van der Waals surface area contributed by atoms with Crippen molar-refractivity contribution >= 4 is 28.6 Å². The van der Waals surface area contributed by atoms with Gasteiger partial charge in [0.25, 0.3) is 0 Å². The van der Waals surface area contributed by atoms with Gasteiger partial charge in [-0.25, -0.2) is 0 Å². The molecule has 0 rings (SSSR count). The molecule has 0 unspecified atom stereocenters. The Hall–Kier alpha value is 2.89. The van der Waals surface area contributed by atoms with E-state index in [0.717, 1.165) is 0 Å². The van der Waals surface area contributed by atoms with Crippen LogP contribution in [0.4, 0.5) is 0 Å². The summed E-state index contributed by atoms with van der Waals surface area (Å²) in [6.45, 7) is 20.9. The van der Waals surface area contributed by atoms with Crippen molar-refractivity contribution < 1.29 is 136 Å². The van der Waals surface area contributed by atoms with Gasteiger partial charge >= 0.3 is 41.7 Å². The molecule has 0 heterocycles. The van der Waals surface area contributed by atoms with E-state index in [4.69, 9.17) is 0 Å². The van der Waals surface area contributed by atoms with E-state index in [1.165, 1.54) is 0 Å². The first-order chi connectivity index (χ1) is 8.00. The maximum Gasteiger partial charge on any atom is 3.00 e. The van der Waals surface area contributed by atoms with E-state index in [0.29, 0.717) is 0 Å².